The van der Waals surface area contributed by atoms with Gasteiger partial charge < -0.3 is 4.74 Å². The van der Waals surface area contributed by atoms with Gasteiger partial charge in [-0.3, -0.25) is 0 Å². The van der Waals surface area contributed by atoms with Crippen molar-refractivity contribution in [1.82, 2.24) is 0 Å². The lowest BCUT2D eigenvalue weighted by atomic mass is 10.2. The summed E-state index contributed by atoms with van der Waals surface area (Å²) in [5.74, 6) is 5.69. The summed E-state index contributed by atoms with van der Waals surface area (Å²) >= 11 is 0. The summed E-state index contributed by atoms with van der Waals surface area (Å²) in [6, 6.07) is 18.7. The zero-order valence-corrected chi connectivity index (χ0v) is 10.5. The van der Waals surface area contributed by atoms with E-state index in [-0.39, 0.29) is 5.97 Å². The van der Waals surface area contributed by atoms with Crippen molar-refractivity contribution >= 4 is 5.97 Å². The molecule has 0 saturated carbocycles. The van der Waals surface area contributed by atoms with E-state index in [1.165, 1.54) is 0 Å². The molecule has 2 aromatic rings. The molecule has 0 amide bonds. The van der Waals surface area contributed by atoms with Crippen LogP contribution in [0.15, 0.2) is 60.7 Å². The van der Waals surface area contributed by atoms with E-state index in [1.54, 1.807) is 12.1 Å². The monoisotopic (exact) mass is 250 g/mol. The summed E-state index contributed by atoms with van der Waals surface area (Å²) in [5.41, 5.74) is 1.54. The number of carbonyl (C=O) groups is 1. The van der Waals surface area contributed by atoms with Crippen molar-refractivity contribution in [3.05, 3.63) is 71.8 Å². The molecule has 0 fully saturated rings. The number of hydrogen-bond donors (Lipinski definition) is 0. The van der Waals surface area contributed by atoms with E-state index in [0.29, 0.717) is 18.6 Å². The fraction of sp³-hybridized carbons (Fsp3) is 0.118. The second-order valence-corrected chi connectivity index (χ2v) is 3.92. The molecule has 0 aromatic heterocycles. The summed E-state index contributed by atoms with van der Waals surface area (Å²) in [5, 5.41) is 0. The Labute approximate surface area is 113 Å². The molecule has 0 heterocycles. The van der Waals surface area contributed by atoms with Crippen molar-refractivity contribution in [3.8, 4) is 11.8 Å². The topological polar surface area (TPSA) is 26.3 Å². The van der Waals surface area contributed by atoms with Gasteiger partial charge in [-0.25, -0.2) is 4.79 Å². The number of rotatable bonds is 3. The maximum absolute atomic E-state index is 11.6. The van der Waals surface area contributed by atoms with E-state index >= 15 is 0 Å². The van der Waals surface area contributed by atoms with E-state index in [9.17, 15) is 4.79 Å². The van der Waals surface area contributed by atoms with Crippen LogP contribution in [0.3, 0.4) is 0 Å². The largest absolute Gasteiger partial charge is 0.461 e. The Kier molecular flexibility index (Phi) is 4.78. The van der Waals surface area contributed by atoms with Gasteiger partial charge in [0.05, 0.1) is 5.56 Å². The van der Waals surface area contributed by atoms with Gasteiger partial charge >= 0.3 is 5.97 Å². The van der Waals surface area contributed by atoms with Crippen LogP contribution in [0.4, 0.5) is 0 Å². The predicted octanol–water partition coefficient (Wildman–Crippen LogP) is 3.29. The number of carbonyl (C=O) groups excluding carboxylic acids is 1. The second kappa shape index (κ2) is 7.03. The molecule has 2 aromatic carbocycles. The summed E-state index contributed by atoms with van der Waals surface area (Å²) in [7, 11) is 0. The minimum atomic E-state index is -0.304. The smallest absolute Gasteiger partial charge is 0.338 e. The summed E-state index contributed by atoms with van der Waals surface area (Å²) in [6.07, 6.45) is 0.535. The van der Waals surface area contributed by atoms with Gasteiger partial charge in [-0.2, -0.15) is 0 Å². The molecule has 0 aliphatic carbocycles. The van der Waals surface area contributed by atoms with Crippen molar-refractivity contribution < 1.29 is 9.53 Å². The van der Waals surface area contributed by atoms with Gasteiger partial charge in [0.2, 0.25) is 0 Å². The third-order valence-electron chi connectivity index (χ3n) is 2.48. The molecule has 19 heavy (non-hydrogen) atoms. The van der Waals surface area contributed by atoms with Crippen LogP contribution in [0.2, 0.25) is 0 Å². The van der Waals surface area contributed by atoms with Crippen LogP contribution in [0, 0.1) is 11.8 Å². The Balaban J connectivity index is 1.76. The molecule has 0 aliphatic heterocycles. The average molecular weight is 250 g/mol. The predicted molar refractivity (Wildman–Crippen MR) is 74.7 cm³/mol. The molecular weight excluding hydrogens is 236 g/mol. The Hall–Kier alpha value is -2.53. The normalized spacial score (nSPS) is 9.26. The zero-order chi connectivity index (χ0) is 13.3. The first-order chi connectivity index (χ1) is 9.36. The lowest BCUT2D eigenvalue weighted by Gasteiger charge is -2.01. The first kappa shape index (κ1) is 12.9. The van der Waals surface area contributed by atoms with Crippen molar-refractivity contribution in [3.63, 3.8) is 0 Å². The van der Waals surface area contributed by atoms with Gasteiger partial charge in [-0.15, -0.1) is 0 Å². The molecule has 0 radical (unpaired) electrons. The number of esters is 1. The molecule has 0 atom stereocenters. The summed E-state index contributed by atoms with van der Waals surface area (Å²) in [4.78, 5) is 11.6. The molecule has 2 nitrogen and oxygen atoms in total. The highest BCUT2D eigenvalue weighted by Crippen LogP contribution is 2.01. The van der Waals surface area contributed by atoms with Crippen molar-refractivity contribution in [1.29, 1.82) is 0 Å². The molecule has 0 N–H and O–H groups in total. The van der Waals surface area contributed by atoms with Gasteiger partial charge in [0, 0.05) is 12.0 Å². The minimum absolute atomic E-state index is 0.304. The molecule has 0 bridgehead atoms. The zero-order valence-electron chi connectivity index (χ0n) is 10.5. The molecular formula is C17H14O2. The van der Waals surface area contributed by atoms with Crippen molar-refractivity contribution in [2.45, 2.75) is 6.42 Å². The van der Waals surface area contributed by atoms with E-state index < -0.39 is 0 Å². The molecule has 0 unspecified atom stereocenters. The van der Waals surface area contributed by atoms with Crippen LogP contribution in [0.5, 0.6) is 0 Å². The van der Waals surface area contributed by atoms with Crippen molar-refractivity contribution in [2.75, 3.05) is 6.61 Å². The number of benzene rings is 2. The van der Waals surface area contributed by atoms with Gasteiger partial charge in [0.25, 0.3) is 0 Å². The fourth-order valence-electron chi connectivity index (χ4n) is 1.54. The van der Waals surface area contributed by atoms with Crippen LogP contribution in [-0.2, 0) is 4.74 Å². The summed E-state index contributed by atoms with van der Waals surface area (Å²) < 4.78 is 5.12. The lowest BCUT2D eigenvalue weighted by molar-refractivity contribution is 0.0513. The molecule has 0 saturated heterocycles. The molecule has 0 aliphatic rings. The minimum Gasteiger partial charge on any atom is -0.461 e. The first-order valence-corrected chi connectivity index (χ1v) is 6.12. The van der Waals surface area contributed by atoms with Crippen LogP contribution in [0.1, 0.15) is 22.3 Å². The highest BCUT2D eigenvalue weighted by Gasteiger charge is 2.04. The molecule has 2 rings (SSSR count). The van der Waals surface area contributed by atoms with Gasteiger partial charge in [-0.05, 0) is 24.3 Å². The van der Waals surface area contributed by atoms with Crippen LogP contribution >= 0.6 is 0 Å². The third kappa shape index (κ3) is 4.33. The number of ether oxygens (including phenoxy) is 1. The van der Waals surface area contributed by atoms with Gasteiger partial charge in [0.1, 0.15) is 6.61 Å². The standard InChI is InChI=1S/C17H14O2/c18-17(16-12-5-2-6-13-16)19-14-8-7-11-15-9-3-1-4-10-15/h1-6,9-10,12-13H,8,14H2. The van der Waals surface area contributed by atoms with E-state index in [0.717, 1.165) is 5.56 Å². The fourth-order valence-corrected chi connectivity index (χ4v) is 1.54. The second-order valence-electron chi connectivity index (χ2n) is 3.92. The Morgan fingerprint density at radius 3 is 2.26 bits per heavy atom. The highest BCUT2D eigenvalue weighted by atomic mass is 16.5. The highest BCUT2D eigenvalue weighted by molar-refractivity contribution is 5.89. The Bertz CT molecular complexity index is 577. The van der Waals surface area contributed by atoms with Crippen LogP contribution < -0.4 is 0 Å². The maximum Gasteiger partial charge on any atom is 0.338 e. The quantitative estimate of drug-likeness (QED) is 0.474. The SMILES string of the molecule is O=C(OCCC#Cc1ccccc1)c1ccccc1. The summed E-state index contributed by atoms with van der Waals surface area (Å²) in [6.45, 7) is 0.313. The lowest BCUT2D eigenvalue weighted by Crippen LogP contribution is -2.05. The third-order valence-corrected chi connectivity index (χ3v) is 2.48. The van der Waals surface area contributed by atoms with Crippen molar-refractivity contribution in [2.24, 2.45) is 0 Å². The maximum atomic E-state index is 11.6. The van der Waals surface area contributed by atoms with E-state index in [1.807, 2.05) is 48.5 Å². The first-order valence-electron chi connectivity index (χ1n) is 6.12. The van der Waals surface area contributed by atoms with E-state index in [2.05, 4.69) is 11.8 Å². The van der Waals surface area contributed by atoms with Crippen LogP contribution in [-0.4, -0.2) is 12.6 Å². The van der Waals surface area contributed by atoms with E-state index in [4.69, 9.17) is 4.74 Å². The molecule has 94 valence electrons. The Morgan fingerprint density at radius 2 is 1.58 bits per heavy atom. The molecule has 0 spiro atoms. The molecule has 2 heteroatoms. The average Bonchev–Trinajstić information content (AvgIpc) is 2.49. The number of hydrogen-bond acceptors (Lipinski definition) is 2. The van der Waals surface area contributed by atoms with Gasteiger partial charge in [-0.1, -0.05) is 48.2 Å². The Morgan fingerprint density at radius 1 is 0.947 bits per heavy atom. The van der Waals surface area contributed by atoms with Crippen LogP contribution in [0.25, 0.3) is 0 Å². The van der Waals surface area contributed by atoms with Gasteiger partial charge in [0.15, 0.2) is 0 Å².